The predicted octanol–water partition coefficient (Wildman–Crippen LogP) is 10.7. The monoisotopic (exact) mass is 585 g/mol. The van der Waals surface area contributed by atoms with Gasteiger partial charge in [0, 0.05) is 31.3 Å². The Kier molecular flexibility index (Phi) is 6.51. The van der Waals surface area contributed by atoms with E-state index in [2.05, 4.69) is 60.7 Å². The zero-order valence-electron chi connectivity index (χ0n) is 23.5. The zero-order chi connectivity index (χ0) is 29.5. The van der Waals surface area contributed by atoms with Crippen LogP contribution in [-0.4, -0.2) is 15.0 Å². The van der Waals surface area contributed by atoms with Gasteiger partial charge in [-0.15, -0.1) is 11.3 Å². The molecule has 0 unspecified atom stereocenters. The molecule has 0 saturated carbocycles. The Morgan fingerprint density at radius 3 is 1.75 bits per heavy atom. The first-order chi connectivity index (χ1) is 21.7. The van der Waals surface area contributed by atoms with Gasteiger partial charge in [-0.05, 0) is 52.6 Å². The molecular weight excluding hydrogens is 562 g/mol. The lowest BCUT2D eigenvalue weighted by atomic mass is 9.97. The van der Waals surface area contributed by atoms with Gasteiger partial charge in [-0.2, -0.15) is 0 Å². The molecule has 0 saturated heterocycles. The standard InChI is InChI=1S/C39H24FN3S/c40-34-21-19-29(28-15-9-14-27(22-28)25-10-3-1-4-11-25)23-33(34)39-42-37(26-12-5-2-6-13-26)41-38(43-39)30-18-20-32-31-16-7-8-17-35(31)44-36(32)24-30/h1-24H. The molecule has 0 N–H and O–H groups in total. The second-order valence-electron chi connectivity index (χ2n) is 10.6. The molecule has 0 aliphatic heterocycles. The van der Waals surface area contributed by atoms with Crippen LogP contribution in [0.3, 0.4) is 0 Å². The molecule has 8 aromatic rings. The van der Waals surface area contributed by atoms with Crippen molar-refractivity contribution < 1.29 is 4.39 Å². The largest absolute Gasteiger partial charge is 0.208 e. The summed E-state index contributed by atoms with van der Waals surface area (Å²) in [5, 5.41) is 2.43. The third-order valence-electron chi connectivity index (χ3n) is 7.81. The number of rotatable bonds is 5. The smallest absolute Gasteiger partial charge is 0.167 e. The quantitative estimate of drug-likeness (QED) is 0.202. The van der Waals surface area contributed by atoms with Crippen LogP contribution in [0.1, 0.15) is 0 Å². The van der Waals surface area contributed by atoms with Gasteiger partial charge in [0.25, 0.3) is 0 Å². The van der Waals surface area contributed by atoms with Crippen LogP contribution in [0, 0.1) is 5.82 Å². The minimum absolute atomic E-state index is 0.295. The van der Waals surface area contributed by atoms with E-state index in [0.717, 1.165) is 38.1 Å². The van der Waals surface area contributed by atoms with Crippen molar-refractivity contribution in [2.75, 3.05) is 0 Å². The molecule has 2 heterocycles. The fraction of sp³-hybridized carbons (Fsp3) is 0. The number of fused-ring (bicyclic) bond motifs is 3. The SMILES string of the molecule is Fc1ccc(-c2cccc(-c3ccccc3)c2)cc1-c1nc(-c2ccccc2)nc(-c2ccc3c(c2)sc2ccccc23)n1. The van der Waals surface area contributed by atoms with E-state index in [9.17, 15) is 0 Å². The molecule has 208 valence electrons. The van der Waals surface area contributed by atoms with Crippen LogP contribution in [0.25, 0.3) is 76.6 Å². The second kappa shape index (κ2) is 11.0. The number of nitrogens with zero attached hydrogens (tertiary/aromatic N) is 3. The van der Waals surface area contributed by atoms with E-state index in [1.165, 1.54) is 21.5 Å². The molecule has 0 radical (unpaired) electrons. The molecule has 0 fully saturated rings. The molecule has 0 amide bonds. The summed E-state index contributed by atoms with van der Waals surface area (Å²) >= 11 is 1.74. The van der Waals surface area contributed by atoms with Gasteiger partial charge in [-0.1, -0.05) is 115 Å². The van der Waals surface area contributed by atoms with E-state index < -0.39 is 0 Å². The van der Waals surface area contributed by atoms with E-state index in [1.807, 2.05) is 72.8 Å². The maximum atomic E-state index is 15.6. The van der Waals surface area contributed by atoms with Crippen LogP contribution in [-0.2, 0) is 0 Å². The molecular formula is C39H24FN3S. The van der Waals surface area contributed by atoms with Gasteiger partial charge in [0.05, 0.1) is 5.56 Å². The van der Waals surface area contributed by atoms with Crippen LogP contribution < -0.4 is 0 Å². The highest BCUT2D eigenvalue weighted by atomic mass is 32.1. The summed E-state index contributed by atoms with van der Waals surface area (Å²) in [5.41, 5.74) is 6.12. The Morgan fingerprint density at radius 2 is 0.955 bits per heavy atom. The number of hydrogen-bond donors (Lipinski definition) is 0. The third-order valence-corrected chi connectivity index (χ3v) is 8.95. The molecule has 0 spiro atoms. The van der Waals surface area contributed by atoms with Gasteiger partial charge in [0.15, 0.2) is 17.5 Å². The second-order valence-corrected chi connectivity index (χ2v) is 11.7. The Hall–Kier alpha value is -5.52. The Bertz CT molecular complexity index is 2300. The fourth-order valence-electron chi connectivity index (χ4n) is 5.59. The zero-order valence-corrected chi connectivity index (χ0v) is 24.3. The van der Waals surface area contributed by atoms with Gasteiger partial charge in [-0.3, -0.25) is 0 Å². The first kappa shape index (κ1) is 26.1. The van der Waals surface area contributed by atoms with E-state index in [0.29, 0.717) is 23.0 Å². The molecule has 6 aromatic carbocycles. The Labute approximate surface area is 258 Å². The van der Waals surface area contributed by atoms with Gasteiger partial charge in [0.1, 0.15) is 5.82 Å². The van der Waals surface area contributed by atoms with Crippen LogP contribution >= 0.6 is 11.3 Å². The van der Waals surface area contributed by atoms with Crippen molar-refractivity contribution in [2.45, 2.75) is 0 Å². The lowest BCUT2D eigenvalue weighted by molar-refractivity contribution is 0.630. The van der Waals surface area contributed by atoms with Crippen molar-refractivity contribution in [3.05, 3.63) is 151 Å². The number of benzene rings is 6. The summed E-state index contributed by atoms with van der Waals surface area (Å²) in [6, 6.07) is 48.1. The minimum Gasteiger partial charge on any atom is -0.208 e. The van der Waals surface area contributed by atoms with Crippen molar-refractivity contribution in [2.24, 2.45) is 0 Å². The number of thiophene rings is 1. The molecule has 0 atom stereocenters. The number of aromatic nitrogens is 3. The minimum atomic E-state index is -0.385. The van der Waals surface area contributed by atoms with Gasteiger partial charge in [-0.25, -0.2) is 19.3 Å². The van der Waals surface area contributed by atoms with Crippen molar-refractivity contribution in [3.8, 4) is 56.4 Å². The van der Waals surface area contributed by atoms with E-state index in [-0.39, 0.29) is 5.82 Å². The van der Waals surface area contributed by atoms with Crippen molar-refractivity contribution in [1.82, 2.24) is 15.0 Å². The summed E-state index contributed by atoms with van der Waals surface area (Å²) in [5.74, 6) is 0.912. The van der Waals surface area contributed by atoms with Gasteiger partial charge >= 0.3 is 0 Å². The highest BCUT2D eigenvalue weighted by molar-refractivity contribution is 7.25. The third kappa shape index (κ3) is 4.83. The molecule has 3 nitrogen and oxygen atoms in total. The lowest BCUT2D eigenvalue weighted by Crippen LogP contribution is -2.01. The van der Waals surface area contributed by atoms with Crippen molar-refractivity contribution >= 4 is 31.5 Å². The first-order valence-electron chi connectivity index (χ1n) is 14.4. The van der Waals surface area contributed by atoms with Gasteiger partial charge in [0.2, 0.25) is 0 Å². The first-order valence-corrected chi connectivity index (χ1v) is 15.2. The molecule has 2 aromatic heterocycles. The van der Waals surface area contributed by atoms with Crippen LogP contribution in [0.4, 0.5) is 4.39 Å². The summed E-state index contributed by atoms with van der Waals surface area (Å²) in [4.78, 5) is 14.5. The maximum absolute atomic E-state index is 15.6. The highest BCUT2D eigenvalue weighted by Gasteiger charge is 2.17. The number of hydrogen-bond acceptors (Lipinski definition) is 4. The predicted molar refractivity (Wildman–Crippen MR) is 180 cm³/mol. The van der Waals surface area contributed by atoms with E-state index in [4.69, 9.17) is 15.0 Å². The Balaban J connectivity index is 1.27. The number of halogens is 1. The average Bonchev–Trinajstić information content (AvgIpc) is 3.47. The summed E-state index contributed by atoms with van der Waals surface area (Å²) in [7, 11) is 0. The molecule has 5 heteroatoms. The molecule has 8 rings (SSSR count). The molecule has 0 aliphatic rings. The molecule has 0 bridgehead atoms. The lowest BCUT2D eigenvalue weighted by Gasteiger charge is -2.11. The van der Waals surface area contributed by atoms with E-state index >= 15 is 4.39 Å². The normalized spacial score (nSPS) is 11.3. The topological polar surface area (TPSA) is 38.7 Å². The van der Waals surface area contributed by atoms with Crippen LogP contribution in [0.2, 0.25) is 0 Å². The van der Waals surface area contributed by atoms with E-state index in [1.54, 1.807) is 17.4 Å². The highest BCUT2D eigenvalue weighted by Crippen LogP contribution is 2.37. The molecule has 0 aliphatic carbocycles. The maximum Gasteiger partial charge on any atom is 0.167 e. The van der Waals surface area contributed by atoms with Crippen molar-refractivity contribution in [1.29, 1.82) is 0 Å². The molecule has 44 heavy (non-hydrogen) atoms. The van der Waals surface area contributed by atoms with Crippen molar-refractivity contribution in [3.63, 3.8) is 0 Å². The Morgan fingerprint density at radius 1 is 0.386 bits per heavy atom. The van der Waals surface area contributed by atoms with Crippen LogP contribution in [0.5, 0.6) is 0 Å². The summed E-state index contributed by atoms with van der Waals surface area (Å²) in [6.07, 6.45) is 0. The summed E-state index contributed by atoms with van der Waals surface area (Å²) in [6.45, 7) is 0. The summed E-state index contributed by atoms with van der Waals surface area (Å²) < 4.78 is 18.0. The average molecular weight is 586 g/mol. The van der Waals surface area contributed by atoms with Crippen LogP contribution in [0.15, 0.2) is 146 Å². The fourth-order valence-corrected chi connectivity index (χ4v) is 6.74. The van der Waals surface area contributed by atoms with Gasteiger partial charge < -0.3 is 0 Å².